The number of likely N-dealkylation sites (tertiary alicyclic amines) is 1. The first kappa shape index (κ1) is 24.4. The average Bonchev–Trinajstić information content (AvgIpc) is 2.90. The molecule has 178 valence electrons. The van der Waals surface area contributed by atoms with Crippen LogP contribution in [0.3, 0.4) is 0 Å². The van der Waals surface area contributed by atoms with Crippen LogP contribution in [0.4, 0.5) is 0 Å². The molecule has 0 aliphatic carbocycles. The fourth-order valence-electron chi connectivity index (χ4n) is 4.63. The molecule has 1 saturated heterocycles. The molecule has 0 bridgehead atoms. The molecule has 1 heterocycles. The highest BCUT2D eigenvalue weighted by atomic mass is 35.5. The Balaban J connectivity index is 1.62. The zero-order valence-corrected chi connectivity index (χ0v) is 20.8. The lowest BCUT2D eigenvalue weighted by Crippen LogP contribution is -2.33. The van der Waals surface area contributed by atoms with Gasteiger partial charge < -0.3 is 9.47 Å². The summed E-state index contributed by atoms with van der Waals surface area (Å²) in [4.78, 5) is 2.50. The van der Waals surface area contributed by atoms with Crippen molar-refractivity contribution >= 4 is 22.7 Å². The van der Waals surface area contributed by atoms with Crippen LogP contribution >= 0.6 is 11.6 Å². The Hall–Kier alpha value is -2.75. The number of methoxy groups -OCH3 is 1. The Bertz CT molecular complexity index is 1060. The molecule has 0 unspecified atom stereocenters. The summed E-state index contributed by atoms with van der Waals surface area (Å²) < 4.78 is 11.6. The number of ether oxygens (including phenoxy) is 2. The molecule has 0 saturated carbocycles. The molecule has 4 rings (SSSR count). The lowest BCUT2D eigenvalue weighted by molar-refractivity contribution is 0.183. The van der Waals surface area contributed by atoms with Gasteiger partial charge in [-0.2, -0.15) is 0 Å². The van der Waals surface area contributed by atoms with E-state index in [-0.39, 0.29) is 0 Å². The molecule has 3 aromatic rings. The number of nitrogens with zero attached hydrogens (tertiary/aromatic N) is 1. The van der Waals surface area contributed by atoms with Crippen molar-refractivity contribution < 1.29 is 9.47 Å². The van der Waals surface area contributed by atoms with E-state index in [1.54, 1.807) is 7.11 Å². The van der Waals surface area contributed by atoms with E-state index in [9.17, 15) is 0 Å². The molecule has 0 N–H and O–H groups in total. The van der Waals surface area contributed by atoms with Crippen LogP contribution in [0.15, 0.2) is 78.9 Å². The Kier molecular flexibility index (Phi) is 9.06. The van der Waals surface area contributed by atoms with Gasteiger partial charge >= 0.3 is 0 Å². The number of benzene rings is 3. The van der Waals surface area contributed by atoms with Crippen LogP contribution in [0.1, 0.15) is 42.4 Å². The molecule has 1 aliphatic rings. The van der Waals surface area contributed by atoms with Gasteiger partial charge in [-0.25, -0.2) is 0 Å². The Labute approximate surface area is 209 Å². The summed E-state index contributed by atoms with van der Waals surface area (Å²) in [7, 11) is 1.70. The smallest absolute Gasteiger partial charge is 0.119 e. The van der Waals surface area contributed by atoms with Crippen LogP contribution in [-0.4, -0.2) is 44.1 Å². The van der Waals surface area contributed by atoms with Crippen LogP contribution in [0, 0.1) is 0 Å². The molecule has 4 heteroatoms. The third-order valence-corrected chi connectivity index (χ3v) is 6.58. The van der Waals surface area contributed by atoms with Gasteiger partial charge in [-0.15, -0.1) is 11.6 Å². The molecule has 0 spiro atoms. The van der Waals surface area contributed by atoms with Crippen molar-refractivity contribution in [3.05, 3.63) is 95.6 Å². The number of alkyl halides is 1. The maximum Gasteiger partial charge on any atom is 0.119 e. The molecule has 3 aromatic carbocycles. The number of piperidine rings is 1. The molecule has 1 fully saturated rings. The first-order chi connectivity index (χ1) is 16.8. The first-order valence-electron chi connectivity index (χ1n) is 12.2. The number of hydrogen-bond acceptors (Lipinski definition) is 3. The normalized spacial score (nSPS) is 15.0. The second-order valence-corrected chi connectivity index (χ2v) is 9.04. The van der Waals surface area contributed by atoms with Crippen molar-refractivity contribution in [2.75, 3.05) is 39.2 Å². The quantitative estimate of drug-likeness (QED) is 0.229. The first-order valence-corrected chi connectivity index (χ1v) is 12.8. The van der Waals surface area contributed by atoms with Gasteiger partial charge in [0.25, 0.3) is 0 Å². The minimum Gasteiger partial charge on any atom is -0.497 e. The van der Waals surface area contributed by atoms with Crippen LogP contribution in [0.2, 0.25) is 0 Å². The summed E-state index contributed by atoms with van der Waals surface area (Å²) in [6.07, 6.45) is 4.73. The molecule has 0 aromatic heterocycles. The summed E-state index contributed by atoms with van der Waals surface area (Å²) in [6.45, 7) is 4.11. The van der Waals surface area contributed by atoms with Gasteiger partial charge in [0, 0.05) is 12.4 Å². The van der Waals surface area contributed by atoms with Crippen molar-refractivity contribution in [2.45, 2.75) is 25.7 Å². The lowest BCUT2D eigenvalue weighted by Gasteiger charge is -2.26. The standard InChI is InChI=1S/C30H34ClNO2/c1-33-28-12-8-11-26(23-28)29(17-18-31)30(24-9-4-2-5-10-24)25-13-15-27(16-14-25)34-22-21-32-19-6-3-7-20-32/h2,4-5,8-16,23H,3,6-7,17-22H2,1H3/b30-29+. The number of rotatable bonds is 10. The maximum atomic E-state index is 6.30. The summed E-state index contributed by atoms with van der Waals surface area (Å²) in [5, 5.41) is 0. The molecular weight excluding hydrogens is 442 g/mol. The van der Waals surface area contributed by atoms with E-state index in [0.717, 1.165) is 42.2 Å². The van der Waals surface area contributed by atoms with E-state index >= 15 is 0 Å². The zero-order chi connectivity index (χ0) is 23.6. The average molecular weight is 476 g/mol. The molecule has 0 amide bonds. The zero-order valence-electron chi connectivity index (χ0n) is 20.0. The van der Waals surface area contributed by atoms with Gasteiger partial charge in [-0.1, -0.05) is 61.0 Å². The highest BCUT2D eigenvalue weighted by Crippen LogP contribution is 2.36. The molecule has 1 aliphatic heterocycles. The second-order valence-electron chi connectivity index (χ2n) is 8.67. The summed E-state index contributed by atoms with van der Waals surface area (Å²) >= 11 is 6.30. The van der Waals surface area contributed by atoms with E-state index in [4.69, 9.17) is 21.1 Å². The highest BCUT2D eigenvalue weighted by Gasteiger charge is 2.15. The maximum absolute atomic E-state index is 6.30. The molecule has 34 heavy (non-hydrogen) atoms. The van der Waals surface area contributed by atoms with Crippen LogP contribution < -0.4 is 9.47 Å². The van der Waals surface area contributed by atoms with Gasteiger partial charge in [-0.05, 0) is 84.5 Å². The molecular formula is C30H34ClNO2. The van der Waals surface area contributed by atoms with Crippen molar-refractivity contribution in [3.8, 4) is 11.5 Å². The predicted octanol–water partition coefficient (Wildman–Crippen LogP) is 7.15. The Morgan fingerprint density at radius 3 is 2.21 bits per heavy atom. The minimum atomic E-state index is 0.542. The highest BCUT2D eigenvalue weighted by molar-refractivity contribution is 6.18. The monoisotopic (exact) mass is 475 g/mol. The van der Waals surface area contributed by atoms with E-state index in [0.29, 0.717) is 5.88 Å². The van der Waals surface area contributed by atoms with Gasteiger partial charge in [0.05, 0.1) is 7.11 Å². The minimum absolute atomic E-state index is 0.542. The third-order valence-electron chi connectivity index (χ3n) is 6.39. The number of allylic oxidation sites excluding steroid dienone is 1. The Morgan fingerprint density at radius 2 is 1.50 bits per heavy atom. The topological polar surface area (TPSA) is 21.7 Å². The SMILES string of the molecule is COc1cccc(/C(CCCl)=C(\c2ccccc2)c2ccc(OCCN3CCCCC3)cc2)c1. The largest absolute Gasteiger partial charge is 0.497 e. The second kappa shape index (κ2) is 12.6. The van der Waals surface area contributed by atoms with Crippen molar-refractivity contribution in [2.24, 2.45) is 0 Å². The lowest BCUT2D eigenvalue weighted by atomic mass is 9.88. The van der Waals surface area contributed by atoms with E-state index in [1.165, 1.54) is 49.1 Å². The Morgan fingerprint density at radius 1 is 0.794 bits per heavy atom. The molecule has 0 atom stereocenters. The van der Waals surface area contributed by atoms with Gasteiger partial charge in [-0.3, -0.25) is 4.90 Å². The van der Waals surface area contributed by atoms with Crippen molar-refractivity contribution in [1.29, 1.82) is 0 Å². The van der Waals surface area contributed by atoms with Gasteiger partial charge in [0.2, 0.25) is 0 Å². The van der Waals surface area contributed by atoms with Gasteiger partial charge in [0.15, 0.2) is 0 Å². The summed E-state index contributed by atoms with van der Waals surface area (Å²) in [6, 6.07) is 27.2. The van der Waals surface area contributed by atoms with Crippen LogP contribution in [0.5, 0.6) is 11.5 Å². The van der Waals surface area contributed by atoms with E-state index in [2.05, 4.69) is 65.6 Å². The van der Waals surface area contributed by atoms with Crippen LogP contribution in [0.25, 0.3) is 11.1 Å². The van der Waals surface area contributed by atoms with Gasteiger partial charge in [0.1, 0.15) is 18.1 Å². The number of halogens is 1. The number of hydrogen-bond donors (Lipinski definition) is 0. The summed E-state index contributed by atoms with van der Waals surface area (Å²) in [5.41, 5.74) is 5.84. The van der Waals surface area contributed by atoms with E-state index < -0.39 is 0 Å². The molecule has 0 radical (unpaired) electrons. The fourth-order valence-corrected chi connectivity index (χ4v) is 4.82. The fraction of sp³-hybridized carbons (Fsp3) is 0.333. The van der Waals surface area contributed by atoms with Crippen molar-refractivity contribution in [3.63, 3.8) is 0 Å². The van der Waals surface area contributed by atoms with Crippen LogP contribution in [-0.2, 0) is 0 Å². The molecule has 3 nitrogen and oxygen atoms in total. The van der Waals surface area contributed by atoms with Crippen molar-refractivity contribution in [1.82, 2.24) is 4.90 Å². The third kappa shape index (κ3) is 6.43. The summed E-state index contributed by atoms with van der Waals surface area (Å²) in [5.74, 6) is 2.29. The van der Waals surface area contributed by atoms with E-state index in [1.807, 2.05) is 18.2 Å². The predicted molar refractivity (Wildman–Crippen MR) is 143 cm³/mol.